The SMILES string of the molecule is CCOP(=O)(O)OCC(CC(C)CC)c1ccccc1. The Morgan fingerprint density at radius 1 is 1.20 bits per heavy atom. The van der Waals surface area contributed by atoms with Gasteiger partial charge in [0.05, 0.1) is 13.2 Å². The zero-order valence-corrected chi connectivity index (χ0v) is 13.4. The van der Waals surface area contributed by atoms with Gasteiger partial charge in [0, 0.05) is 5.92 Å². The Morgan fingerprint density at radius 3 is 2.40 bits per heavy atom. The molecule has 0 saturated carbocycles. The minimum atomic E-state index is -3.92. The van der Waals surface area contributed by atoms with Crippen LogP contribution in [-0.2, 0) is 13.6 Å². The zero-order valence-electron chi connectivity index (χ0n) is 12.5. The van der Waals surface area contributed by atoms with Gasteiger partial charge in [-0.15, -0.1) is 0 Å². The van der Waals surface area contributed by atoms with Gasteiger partial charge in [-0.3, -0.25) is 9.05 Å². The second kappa shape index (κ2) is 8.58. The van der Waals surface area contributed by atoms with Crippen LogP contribution < -0.4 is 0 Å². The molecular formula is C15H25O4P. The topological polar surface area (TPSA) is 55.8 Å². The lowest BCUT2D eigenvalue weighted by atomic mass is 9.89. The molecule has 0 saturated heterocycles. The van der Waals surface area contributed by atoms with Crippen LogP contribution in [-0.4, -0.2) is 18.1 Å². The second-order valence-corrected chi connectivity index (χ2v) is 6.49. The van der Waals surface area contributed by atoms with E-state index in [9.17, 15) is 9.46 Å². The summed E-state index contributed by atoms with van der Waals surface area (Å²) in [4.78, 5) is 9.51. The lowest BCUT2D eigenvalue weighted by Crippen LogP contribution is -2.11. The lowest BCUT2D eigenvalue weighted by molar-refractivity contribution is 0.143. The summed E-state index contributed by atoms with van der Waals surface area (Å²) in [5.41, 5.74) is 1.13. The van der Waals surface area contributed by atoms with Crippen molar-refractivity contribution in [2.75, 3.05) is 13.2 Å². The maximum Gasteiger partial charge on any atom is 0.472 e. The number of hydrogen-bond acceptors (Lipinski definition) is 3. The third-order valence-electron chi connectivity index (χ3n) is 3.39. The predicted octanol–water partition coefficient (Wildman–Crippen LogP) is 4.36. The number of hydrogen-bond donors (Lipinski definition) is 1. The Labute approximate surface area is 121 Å². The minimum absolute atomic E-state index is 0.104. The molecule has 0 bridgehead atoms. The molecule has 20 heavy (non-hydrogen) atoms. The number of phosphoric ester groups is 1. The first-order valence-electron chi connectivity index (χ1n) is 7.15. The Hall–Kier alpha value is -0.670. The van der Waals surface area contributed by atoms with Crippen molar-refractivity contribution < 1.29 is 18.5 Å². The lowest BCUT2D eigenvalue weighted by Gasteiger charge is -2.22. The van der Waals surface area contributed by atoms with Gasteiger partial charge >= 0.3 is 7.82 Å². The van der Waals surface area contributed by atoms with Crippen LogP contribution in [0.25, 0.3) is 0 Å². The minimum Gasteiger partial charge on any atom is -0.302 e. The first-order valence-corrected chi connectivity index (χ1v) is 8.64. The van der Waals surface area contributed by atoms with Gasteiger partial charge in [0.1, 0.15) is 0 Å². The molecule has 0 aromatic heterocycles. The van der Waals surface area contributed by atoms with E-state index in [1.165, 1.54) is 0 Å². The summed E-state index contributed by atoms with van der Waals surface area (Å²) in [6, 6.07) is 9.96. The van der Waals surface area contributed by atoms with Gasteiger partial charge in [-0.25, -0.2) is 4.57 Å². The third-order valence-corrected chi connectivity index (χ3v) is 4.45. The second-order valence-electron chi connectivity index (χ2n) is 5.04. The van der Waals surface area contributed by atoms with Crippen molar-refractivity contribution >= 4 is 7.82 Å². The standard InChI is InChI=1S/C15H25O4P/c1-4-13(3)11-15(14-9-7-6-8-10-14)12-19-20(16,17)18-5-2/h6-10,13,15H,4-5,11-12H2,1-3H3,(H,16,17). The summed E-state index contributed by atoms with van der Waals surface area (Å²) in [7, 11) is -3.92. The highest BCUT2D eigenvalue weighted by molar-refractivity contribution is 7.47. The fourth-order valence-electron chi connectivity index (χ4n) is 2.06. The van der Waals surface area contributed by atoms with E-state index in [-0.39, 0.29) is 19.1 Å². The molecule has 0 amide bonds. The van der Waals surface area contributed by atoms with Crippen molar-refractivity contribution in [3.8, 4) is 0 Å². The highest BCUT2D eigenvalue weighted by atomic mass is 31.2. The molecule has 0 fully saturated rings. The van der Waals surface area contributed by atoms with Gasteiger partial charge in [0.2, 0.25) is 0 Å². The van der Waals surface area contributed by atoms with Crippen LogP contribution in [0.1, 0.15) is 45.1 Å². The van der Waals surface area contributed by atoms with Crippen LogP contribution >= 0.6 is 7.82 Å². The van der Waals surface area contributed by atoms with Crippen molar-refractivity contribution in [2.45, 2.75) is 39.5 Å². The molecule has 0 aliphatic heterocycles. The van der Waals surface area contributed by atoms with Crippen LogP contribution in [0.5, 0.6) is 0 Å². The molecule has 4 nitrogen and oxygen atoms in total. The molecule has 1 aromatic carbocycles. The summed E-state index contributed by atoms with van der Waals surface area (Å²) < 4.78 is 21.5. The van der Waals surface area contributed by atoms with Crippen LogP contribution in [0.15, 0.2) is 30.3 Å². The molecule has 0 radical (unpaired) electrons. The fraction of sp³-hybridized carbons (Fsp3) is 0.600. The maximum atomic E-state index is 11.6. The molecule has 0 aliphatic carbocycles. The van der Waals surface area contributed by atoms with Crippen molar-refractivity contribution in [1.82, 2.24) is 0 Å². The van der Waals surface area contributed by atoms with Crippen LogP contribution in [0.4, 0.5) is 0 Å². The molecular weight excluding hydrogens is 275 g/mol. The molecule has 1 N–H and O–H groups in total. The molecule has 0 spiro atoms. The highest BCUT2D eigenvalue weighted by Crippen LogP contribution is 2.44. The Kier molecular flexibility index (Phi) is 7.46. The van der Waals surface area contributed by atoms with Gasteiger partial charge < -0.3 is 4.89 Å². The average Bonchev–Trinajstić information content (AvgIpc) is 2.44. The van der Waals surface area contributed by atoms with Crippen LogP contribution in [0, 0.1) is 5.92 Å². The van der Waals surface area contributed by atoms with E-state index in [2.05, 4.69) is 13.8 Å². The van der Waals surface area contributed by atoms with E-state index < -0.39 is 7.82 Å². The molecule has 5 heteroatoms. The fourth-order valence-corrected chi connectivity index (χ4v) is 2.83. The largest absolute Gasteiger partial charge is 0.472 e. The van der Waals surface area contributed by atoms with E-state index in [0.717, 1.165) is 18.4 Å². The van der Waals surface area contributed by atoms with Crippen LogP contribution in [0.3, 0.4) is 0 Å². The van der Waals surface area contributed by atoms with Gasteiger partial charge in [-0.2, -0.15) is 0 Å². The van der Waals surface area contributed by atoms with E-state index in [1.54, 1.807) is 6.92 Å². The number of rotatable bonds is 9. The summed E-state index contributed by atoms with van der Waals surface area (Å²) >= 11 is 0. The van der Waals surface area contributed by atoms with Crippen LogP contribution in [0.2, 0.25) is 0 Å². The molecule has 3 atom stereocenters. The molecule has 3 unspecified atom stereocenters. The van der Waals surface area contributed by atoms with Crippen molar-refractivity contribution in [3.05, 3.63) is 35.9 Å². The Bertz CT molecular complexity index is 421. The molecule has 1 aromatic rings. The zero-order chi connectivity index (χ0) is 15.0. The monoisotopic (exact) mass is 300 g/mol. The van der Waals surface area contributed by atoms with E-state index in [0.29, 0.717) is 5.92 Å². The van der Waals surface area contributed by atoms with E-state index in [1.807, 2.05) is 30.3 Å². The van der Waals surface area contributed by atoms with Gasteiger partial charge in [0.15, 0.2) is 0 Å². The first-order chi connectivity index (χ1) is 9.48. The summed E-state index contributed by atoms with van der Waals surface area (Å²) in [6.07, 6.45) is 2.00. The normalized spacial score (nSPS) is 17.4. The van der Waals surface area contributed by atoms with Crippen molar-refractivity contribution in [1.29, 1.82) is 0 Å². The molecule has 1 rings (SSSR count). The smallest absolute Gasteiger partial charge is 0.302 e. The van der Waals surface area contributed by atoms with Crippen molar-refractivity contribution in [3.63, 3.8) is 0 Å². The quantitative estimate of drug-likeness (QED) is 0.688. The van der Waals surface area contributed by atoms with Gasteiger partial charge in [-0.1, -0.05) is 50.6 Å². The molecule has 0 aliphatic rings. The maximum absolute atomic E-state index is 11.6. The van der Waals surface area contributed by atoms with E-state index in [4.69, 9.17) is 9.05 Å². The highest BCUT2D eigenvalue weighted by Gasteiger charge is 2.24. The summed E-state index contributed by atoms with van der Waals surface area (Å²) in [6.45, 7) is 6.35. The first kappa shape index (κ1) is 17.4. The average molecular weight is 300 g/mol. The summed E-state index contributed by atoms with van der Waals surface area (Å²) in [5, 5.41) is 0. The number of phosphoric acid groups is 1. The molecule has 114 valence electrons. The predicted molar refractivity (Wildman–Crippen MR) is 80.7 cm³/mol. The molecule has 0 heterocycles. The Balaban J connectivity index is 2.71. The Morgan fingerprint density at radius 2 is 1.85 bits per heavy atom. The third kappa shape index (κ3) is 6.19. The van der Waals surface area contributed by atoms with E-state index >= 15 is 0 Å². The number of benzene rings is 1. The van der Waals surface area contributed by atoms with Gasteiger partial charge in [0.25, 0.3) is 0 Å². The van der Waals surface area contributed by atoms with Crippen molar-refractivity contribution in [2.24, 2.45) is 5.92 Å². The summed E-state index contributed by atoms with van der Waals surface area (Å²) in [5.74, 6) is 0.640. The van der Waals surface area contributed by atoms with Gasteiger partial charge in [-0.05, 0) is 24.8 Å².